The first-order chi connectivity index (χ1) is 15.2. The summed E-state index contributed by atoms with van der Waals surface area (Å²) in [4.78, 5) is 18.1. The number of benzene rings is 2. The molecule has 6 heteroatoms. The molecule has 0 aliphatic carbocycles. The predicted molar refractivity (Wildman–Crippen MR) is 134 cm³/mol. The van der Waals surface area contributed by atoms with Crippen molar-refractivity contribution in [3.63, 3.8) is 0 Å². The van der Waals surface area contributed by atoms with Gasteiger partial charge in [0.1, 0.15) is 10.8 Å². The van der Waals surface area contributed by atoms with Crippen molar-refractivity contribution in [3.05, 3.63) is 64.2 Å². The number of carboxylic acids is 1. The van der Waals surface area contributed by atoms with Gasteiger partial charge in [-0.2, -0.15) is 0 Å². The van der Waals surface area contributed by atoms with E-state index in [2.05, 4.69) is 65.0 Å². The molecule has 0 bridgehead atoms. The Labute approximate surface area is 199 Å². The highest BCUT2D eigenvalue weighted by atomic mass is 32.2. The van der Waals surface area contributed by atoms with E-state index in [-0.39, 0.29) is 12.0 Å². The van der Waals surface area contributed by atoms with Gasteiger partial charge in [0.2, 0.25) is 0 Å². The highest BCUT2D eigenvalue weighted by molar-refractivity contribution is 7.98. The molecule has 0 aliphatic rings. The molecule has 1 heterocycles. The normalized spacial score (nSPS) is 11.5. The number of hydrogen-bond donors (Lipinski definition) is 1. The highest BCUT2D eigenvalue weighted by Gasteiger charge is 2.15. The molecule has 1 N–H and O–H groups in total. The molecule has 0 atom stereocenters. The van der Waals surface area contributed by atoms with E-state index in [1.54, 1.807) is 23.1 Å². The van der Waals surface area contributed by atoms with Gasteiger partial charge >= 0.3 is 5.97 Å². The zero-order valence-corrected chi connectivity index (χ0v) is 21.0. The van der Waals surface area contributed by atoms with Crippen molar-refractivity contribution in [3.8, 4) is 16.3 Å². The molecule has 0 spiro atoms. The fourth-order valence-corrected chi connectivity index (χ4v) is 5.51. The topological polar surface area (TPSA) is 59.4 Å². The van der Waals surface area contributed by atoms with Gasteiger partial charge in [0.15, 0.2) is 6.61 Å². The van der Waals surface area contributed by atoms with Crippen LogP contribution in [0.25, 0.3) is 10.6 Å². The second kappa shape index (κ2) is 10.5. The molecule has 0 unspecified atom stereocenters. The molecule has 0 fully saturated rings. The van der Waals surface area contributed by atoms with Gasteiger partial charge < -0.3 is 9.84 Å². The number of thiazole rings is 1. The van der Waals surface area contributed by atoms with Crippen molar-refractivity contribution < 1.29 is 14.6 Å². The van der Waals surface area contributed by atoms with E-state index >= 15 is 0 Å². The number of ether oxygens (including phenoxy) is 1. The Morgan fingerprint density at radius 1 is 1.16 bits per heavy atom. The Kier molecular flexibility index (Phi) is 8.01. The second-order valence-electron chi connectivity index (χ2n) is 8.85. The summed E-state index contributed by atoms with van der Waals surface area (Å²) in [5, 5.41) is 9.94. The number of thioether (sulfide) groups is 1. The summed E-state index contributed by atoms with van der Waals surface area (Å²) in [7, 11) is 0. The lowest BCUT2D eigenvalue weighted by Crippen LogP contribution is -2.10. The van der Waals surface area contributed by atoms with Crippen LogP contribution < -0.4 is 4.74 Å². The lowest BCUT2D eigenvalue weighted by atomic mass is 9.87. The van der Waals surface area contributed by atoms with Crippen molar-refractivity contribution in [1.82, 2.24) is 4.98 Å². The maximum atomic E-state index is 10.8. The van der Waals surface area contributed by atoms with E-state index in [9.17, 15) is 4.79 Å². The molecule has 0 saturated heterocycles. The molecule has 1 aromatic heterocycles. The predicted octanol–water partition coefficient (Wildman–Crippen LogP) is 7.12. The molecule has 3 rings (SSSR count). The number of carboxylic acid groups (broad SMARTS) is 1. The van der Waals surface area contributed by atoms with Gasteiger partial charge in [0.25, 0.3) is 0 Å². The zero-order valence-electron chi connectivity index (χ0n) is 19.4. The van der Waals surface area contributed by atoms with Gasteiger partial charge in [-0.3, -0.25) is 0 Å². The molecular formula is C26H31NO3S2. The molecule has 0 saturated carbocycles. The van der Waals surface area contributed by atoms with Crippen LogP contribution >= 0.6 is 23.1 Å². The minimum absolute atomic E-state index is 0.143. The van der Waals surface area contributed by atoms with E-state index in [4.69, 9.17) is 14.8 Å². The maximum absolute atomic E-state index is 10.8. The monoisotopic (exact) mass is 469 g/mol. The van der Waals surface area contributed by atoms with Gasteiger partial charge in [0, 0.05) is 21.1 Å². The van der Waals surface area contributed by atoms with Crippen LogP contribution in [-0.2, 0) is 22.4 Å². The standard InChI is InChI=1S/C26H31NO3S2/c1-6-7-19-14-21(12-13-22(19)30-15-24(28)29)31-16-23-17(2)27-25(32-23)18-8-10-20(11-9-18)26(3,4)5/h8-14H,6-7,15-16H2,1-5H3,(H,28,29). The third-order valence-electron chi connectivity index (χ3n) is 5.16. The molecule has 170 valence electrons. The first kappa shape index (κ1) is 24.3. The minimum atomic E-state index is -0.963. The summed E-state index contributed by atoms with van der Waals surface area (Å²) in [5.41, 5.74) is 4.76. The van der Waals surface area contributed by atoms with Crippen molar-refractivity contribution in [2.24, 2.45) is 0 Å². The van der Waals surface area contributed by atoms with Gasteiger partial charge in [-0.25, -0.2) is 9.78 Å². The maximum Gasteiger partial charge on any atom is 0.341 e. The van der Waals surface area contributed by atoms with E-state index in [1.807, 2.05) is 12.1 Å². The quantitative estimate of drug-likeness (QED) is 0.338. The van der Waals surface area contributed by atoms with Crippen molar-refractivity contribution >= 4 is 29.1 Å². The molecule has 0 radical (unpaired) electrons. The number of hydrogen-bond acceptors (Lipinski definition) is 5. The fourth-order valence-electron chi connectivity index (χ4n) is 3.34. The third kappa shape index (κ3) is 6.36. The number of aromatic nitrogens is 1. The molecule has 3 aromatic rings. The van der Waals surface area contributed by atoms with Crippen LogP contribution in [0.3, 0.4) is 0 Å². The smallest absolute Gasteiger partial charge is 0.341 e. The Balaban J connectivity index is 1.71. The summed E-state index contributed by atoms with van der Waals surface area (Å²) in [6.45, 7) is 10.5. The summed E-state index contributed by atoms with van der Waals surface area (Å²) >= 11 is 3.53. The lowest BCUT2D eigenvalue weighted by molar-refractivity contribution is -0.139. The number of carbonyl (C=O) groups is 1. The molecule has 32 heavy (non-hydrogen) atoms. The van der Waals surface area contributed by atoms with Crippen LogP contribution in [0.2, 0.25) is 0 Å². The van der Waals surface area contributed by atoms with Gasteiger partial charge in [-0.1, -0.05) is 58.4 Å². The van der Waals surface area contributed by atoms with Crippen molar-refractivity contribution in [2.45, 2.75) is 63.5 Å². The van der Waals surface area contributed by atoms with E-state index in [0.717, 1.165) is 45.3 Å². The Hall–Kier alpha value is -2.31. The van der Waals surface area contributed by atoms with Crippen LogP contribution in [0, 0.1) is 6.92 Å². The van der Waals surface area contributed by atoms with E-state index in [0.29, 0.717) is 5.75 Å². The highest BCUT2D eigenvalue weighted by Crippen LogP contribution is 2.35. The van der Waals surface area contributed by atoms with Gasteiger partial charge in [-0.15, -0.1) is 23.1 Å². The second-order valence-corrected chi connectivity index (χ2v) is 11.0. The average Bonchev–Trinajstić information content (AvgIpc) is 3.11. The van der Waals surface area contributed by atoms with Crippen LogP contribution in [0.15, 0.2) is 47.4 Å². The van der Waals surface area contributed by atoms with Crippen LogP contribution in [-0.4, -0.2) is 22.7 Å². The first-order valence-corrected chi connectivity index (χ1v) is 12.6. The third-order valence-corrected chi connectivity index (χ3v) is 7.57. The largest absolute Gasteiger partial charge is 0.482 e. The van der Waals surface area contributed by atoms with E-state index < -0.39 is 5.97 Å². The fraction of sp³-hybridized carbons (Fsp3) is 0.385. The van der Waals surface area contributed by atoms with Crippen LogP contribution in [0.5, 0.6) is 5.75 Å². The Morgan fingerprint density at radius 3 is 2.50 bits per heavy atom. The summed E-state index contributed by atoms with van der Waals surface area (Å²) < 4.78 is 5.45. The van der Waals surface area contributed by atoms with Crippen molar-refractivity contribution in [2.75, 3.05) is 6.61 Å². The van der Waals surface area contributed by atoms with Crippen LogP contribution in [0.4, 0.5) is 0 Å². The first-order valence-electron chi connectivity index (χ1n) is 10.8. The Bertz CT molecular complexity index is 1070. The number of aliphatic carboxylic acids is 1. The number of aryl methyl sites for hydroxylation is 2. The van der Waals surface area contributed by atoms with Crippen molar-refractivity contribution in [1.29, 1.82) is 0 Å². The number of nitrogens with zero attached hydrogens (tertiary/aromatic N) is 1. The molecule has 4 nitrogen and oxygen atoms in total. The van der Waals surface area contributed by atoms with Crippen LogP contribution in [0.1, 0.15) is 55.8 Å². The summed E-state index contributed by atoms with van der Waals surface area (Å²) in [6.07, 6.45) is 1.83. The Morgan fingerprint density at radius 2 is 1.88 bits per heavy atom. The summed E-state index contributed by atoms with van der Waals surface area (Å²) in [6, 6.07) is 14.7. The SMILES string of the molecule is CCCc1cc(SCc2sc(-c3ccc(C(C)(C)C)cc3)nc2C)ccc1OCC(=O)O. The molecule has 0 aliphatic heterocycles. The summed E-state index contributed by atoms with van der Waals surface area (Å²) in [5.74, 6) is 0.550. The average molecular weight is 470 g/mol. The minimum Gasteiger partial charge on any atom is -0.482 e. The van der Waals surface area contributed by atoms with Gasteiger partial charge in [0.05, 0.1) is 5.69 Å². The molecular weight excluding hydrogens is 438 g/mol. The molecule has 2 aromatic carbocycles. The molecule has 0 amide bonds. The lowest BCUT2D eigenvalue weighted by Gasteiger charge is -2.18. The number of rotatable bonds is 9. The zero-order chi connectivity index (χ0) is 23.3. The van der Waals surface area contributed by atoms with Gasteiger partial charge in [-0.05, 0) is 48.1 Å². The van der Waals surface area contributed by atoms with E-state index in [1.165, 1.54) is 10.4 Å².